The number of hydrogen-bond acceptors (Lipinski definition) is 4. The van der Waals surface area contributed by atoms with Gasteiger partial charge in [-0.1, -0.05) is 38.1 Å². The number of benzene rings is 1. The van der Waals surface area contributed by atoms with Gasteiger partial charge in [-0.3, -0.25) is 14.8 Å². The summed E-state index contributed by atoms with van der Waals surface area (Å²) in [6.45, 7) is 14.1. The van der Waals surface area contributed by atoms with E-state index in [4.69, 9.17) is 0 Å². The highest BCUT2D eigenvalue weighted by Crippen LogP contribution is 2.16. The van der Waals surface area contributed by atoms with E-state index in [0.717, 1.165) is 64.9 Å². The van der Waals surface area contributed by atoms with E-state index in [0.29, 0.717) is 12.0 Å². The number of rotatable bonds is 5. The number of nitrogens with zero attached hydrogens (tertiary/aromatic N) is 5. The summed E-state index contributed by atoms with van der Waals surface area (Å²) >= 11 is 0. The van der Waals surface area contributed by atoms with Crippen molar-refractivity contribution in [2.45, 2.75) is 32.4 Å². The zero-order valence-corrected chi connectivity index (χ0v) is 21.8. The fourth-order valence-corrected chi connectivity index (χ4v) is 4.25. The van der Waals surface area contributed by atoms with Crippen LogP contribution in [0.15, 0.2) is 29.3 Å². The van der Waals surface area contributed by atoms with Gasteiger partial charge in [-0.15, -0.1) is 24.0 Å². The van der Waals surface area contributed by atoms with Gasteiger partial charge in [0.05, 0.1) is 0 Å². The smallest absolute Gasteiger partial charge is 0.193 e. The maximum atomic E-state index is 4.56. The summed E-state index contributed by atoms with van der Waals surface area (Å²) in [4.78, 5) is 14.4. The van der Waals surface area contributed by atoms with Crippen molar-refractivity contribution in [1.82, 2.24) is 24.9 Å². The van der Waals surface area contributed by atoms with Crippen LogP contribution in [0.1, 0.15) is 30.9 Å². The third-order valence-corrected chi connectivity index (χ3v) is 6.41. The standard InChI is InChI=1S/C23H40N6.HI/c1-19(2)21-8-6-20(7-9-21)17-28-12-14-29(15-13-28)23(24-3)25-16-22-18-26(4)10-11-27(22)5;/h6-9,19,22H,10-18H2,1-5H3,(H,24,25);1H. The van der Waals surface area contributed by atoms with E-state index in [1.807, 2.05) is 7.05 Å². The van der Waals surface area contributed by atoms with Crippen molar-refractivity contribution >= 4 is 29.9 Å². The zero-order chi connectivity index (χ0) is 20.8. The number of aliphatic imine (C=N–C) groups is 1. The number of hydrogen-bond donors (Lipinski definition) is 1. The predicted octanol–water partition coefficient (Wildman–Crippen LogP) is 2.37. The fraction of sp³-hybridized carbons (Fsp3) is 0.696. The molecule has 3 rings (SSSR count). The van der Waals surface area contributed by atoms with Crippen LogP contribution in [-0.2, 0) is 6.54 Å². The third kappa shape index (κ3) is 7.07. The number of likely N-dealkylation sites (N-methyl/N-ethyl adjacent to an activating group) is 2. The molecule has 0 saturated carbocycles. The van der Waals surface area contributed by atoms with Crippen molar-refractivity contribution in [2.75, 3.05) is 73.5 Å². The van der Waals surface area contributed by atoms with E-state index in [-0.39, 0.29) is 24.0 Å². The van der Waals surface area contributed by atoms with Gasteiger partial charge in [-0.2, -0.15) is 0 Å². The van der Waals surface area contributed by atoms with Gasteiger partial charge in [0.1, 0.15) is 0 Å². The zero-order valence-electron chi connectivity index (χ0n) is 19.5. The highest BCUT2D eigenvalue weighted by molar-refractivity contribution is 14.0. The van der Waals surface area contributed by atoms with Gasteiger partial charge in [0.25, 0.3) is 0 Å². The first-order valence-electron chi connectivity index (χ1n) is 11.1. The SMILES string of the molecule is CN=C(NCC1CN(C)CCN1C)N1CCN(Cc2ccc(C(C)C)cc2)CC1.I. The molecule has 2 fully saturated rings. The number of piperazine rings is 2. The van der Waals surface area contributed by atoms with Gasteiger partial charge >= 0.3 is 0 Å². The van der Waals surface area contributed by atoms with Gasteiger partial charge in [0, 0.05) is 72.0 Å². The van der Waals surface area contributed by atoms with Crippen LogP contribution in [0.5, 0.6) is 0 Å². The van der Waals surface area contributed by atoms with Crippen molar-refractivity contribution in [3.8, 4) is 0 Å². The molecule has 1 unspecified atom stereocenters. The quantitative estimate of drug-likeness (QED) is 0.361. The minimum Gasteiger partial charge on any atom is -0.355 e. The molecule has 0 radical (unpaired) electrons. The Labute approximate surface area is 200 Å². The van der Waals surface area contributed by atoms with Crippen molar-refractivity contribution < 1.29 is 0 Å². The average Bonchev–Trinajstić information content (AvgIpc) is 2.72. The molecule has 0 aliphatic carbocycles. The van der Waals surface area contributed by atoms with Crippen LogP contribution in [0, 0.1) is 0 Å². The van der Waals surface area contributed by atoms with Crippen LogP contribution in [0.2, 0.25) is 0 Å². The molecule has 1 aromatic carbocycles. The molecule has 2 heterocycles. The third-order valence-electron chi connectivity index (χ3n) is 6.41. The molecule has 2 saturated heterocycles. The summed E-state index contributed by atoms with van der Waals surface area (Å²) in [6, 6.07) is 9.68. The highest BCUT2D eigenvalue weighted by atomic mass is 127. The first kappa shape index (κ1) is 25.4. The van der Waals surface area contributed by atoms with E-state index in [1.165, 1.54) is 11.1 Å². The monoisotopic (exact) mass is 528 g/mol. The van der Waals surface area contributed by atoms with Crippen LogP contribution in [0.25, 0.3) is 0 Å². The Morgan fingerprint density at radius 2 is 1.70 bits per heavy atom. The van der Waals surface area contributed by atoms with Crippen molar-refractivity contribution in [3.05, 3.63) is 35.4 Å². The van der Waals surface area contributed by atoms with E-state index in [2.05, 4.69) is 82.1 Å². The molecule has 1 aromatic rings. The Balaban J connectivity index is 0.00000320. The van der Waals surface area contributed by atoms with E-state index in [9.17, 15) is 0 Å². The van der Waals surface area contributed by atoms with Gasteiger partial charge in [-0.05, 0) is 31.1 Å². The fourth-order valence-electron chi connectivity index (χ4n) is 4.25. The van der Waals surface area contributed by atoms with E-state index >= 15 is 0 Å². The lowest BCUT2D eigenvalue weighted by Gasteiger charge is -2.40. The topological polar surface area (TPSA) is 37.4 Å². The molecule has 0 spiro atoms. The number of guanidine groups is 1. The molecular weight excluding hydrogens is 487 g/mol. The van der Waals surface area contributed by atoms with E-state index in [1.54, 1.807) is 0 Å². The van der Waals surface area contributed by atoms with Gasteiger partial charge < -0.3 is 15.1 Å². The molecule has 0 aromatic heterocycles. The summed E-state index contributed by atoms with van der Waals surface area (Å²) in [6.07, 6.45) is 0. The second-order valence-electron chi connectivity index (χ2n) is 8.98. The van der Waals surface area contributed by atoms with Crippen molar-refractivity contribution in [3.63, 3.8) is 0 Å². The summed E-state index contributed by atoms with van der Waals surface area (Å²) in [5.41, 5.74) is 2.83. The summed E-state index contributed by atoms with van der Waals surface area (Å²) < 4.78 is 0. The molecule has 0 bridgehead atoms. The normalized spacial score (nSPS) is 22.3. The molecule has 6 nitrogen and oxygen atoms in total. The Morgan fingerprint density at radius 3 is 2.30 bits per heavy atom. The minimum atomic E-state index is 0. The molecule has 2 aliphatic heterocycles. The molecule has 170 valence electrons. The molecule has 30 heavy (non-hydrogen) atoms. The molecule has 1 N–H and O–H groups in total. The molecule has 0 amide bonds. The van der Waals surface area contributed by atoms with Crippen molar-refractivity contribution in [2.24, 2.45) is 4.99 Å². The van der Waals surface area contributed by atoms with Crippen LogP contribution in [-0.4, -0.2) is 105 Å². The molecule has 1 atom stereocenters. The Hall–Kier alpha value is -0.900. The molecule has 2 aliphatic rings. The average molecular weight is 529 g/mol. The molecular formula is C23H41IN6. The lowest BCUT2D eigenvalue weighted by molar-refractivity contribution is 0.115. The summed E-state index contributed by atoms with van der Waals surface area (Å²) in [5, 5.41) is 3.63. The minimum absolute atomic E-state index is 0. The molecule has 7 heteroatoms. The second kappa shape index (κ2) is 12.2. The van der Waals surface area contributed by atoms with Crippen LogP contribution in [0.3, 0.4) is 0 Å². The lowest BCUT2D eigenvalue weighted by atomic mass is 10.0. The summed E-state index contributed by atoms with van der Waals surface area (Å²) in [7, 11) is 6.35. The largest absolute Gasteiger partial charge is 0.355 e. The lowest BCUT2D eigenvalue weighted by Crippen LogP contribution is -2.57. The first-order chi connectivity index (χ1) is 14.0. The van der Waals surface area contributed by atoms with Crippen LogP contribution < -0.4 is 5.32 Å². The maximum Gasteiger partial charge on any atom is 0.193 e. The highest BCUT2D eigenvalue weighted by Gasteiger charge is 2.24. The van der Waals surface area contributed by atoms with Crippen molar-refractivity contribution in [1.29, 1.82) is 0 Å². The Bertz CT molecular complexity index is 654. The number of halogens is 1. The Kier molecular flexibility index (Phi) is 10.3. The number of nitrogens with one attached hydrogen (secondary N) is 1. The predicted molar refractivity (Wildman–Crippen MR) is 138 cm³/mol. The maximum absolute atomic E-state index is 4.56. The summed E-state index contributed by atoms with van der Waals surface area (Å²) in [5.74, 6) is 1.65. The van der Waals surface area contributed by atoms with Crippen LogP contribution >= 0.6 is 24.0 Å². The van der Waals surface area contributed by atoms with Crippen LogP contribution in [0.4, 0.5) is 0 Å². The van der Waals surface area contributed by atoms with Gasteiger partial charge in [-0.25, -0.2) is 0 Å². The first-order valence-corrected chi connectivity index (χ1v) is 11.1. The second-order valence-corrected chi connectivity index (χ2v) is 8.98. The van der Waals surface area contributed by atoms with Gasteiger partial charge in [0.15, 0.2) is 5.96 Å². The van der Waals surface area contributed by atoms with E-state index < -0.39 is 0 Å². The van der Waals surface area contributed by atoms with Gasteiger partial charge in [0.2, 0.25) is 0 Å². The Morgan fingerprint density at radius 1 is 1.03 bits per heavy atom.